The second kappa shape index (κ2) is 8.96. The van der Waals surface area contributed by atoms with Gasteiger partial charge in [-0.25, -0.2) is 0 Å². The Labute approximate surface area is 210 Å². The molecule has 12 unspecified atom stereocenters. The van der Waals surface area contributed by atoms with Gasteiger partial charge in [-0.3, -0.25) is 4.79 Å². The van der Waals surface area contributed by atoms with Gasteiger partial charge in [0.05, 0.1) is 61.4 Å². The Morgan fingerprint density at radius 2 is 1.11 bits per heavy atom. The molecule has 0 spiro atoms. The monoisotopic (exact) mass is 488 g/mol. The first kappa shape index (κ1) is 23.4. The van der Waals surface area contributed by atoms with Gasteiger partial charge in [0.25, 0.3) is 0 Å². The van der Waals surface area contributed by atoms with Crippen LogP contribution < -0.4 is 0 Å². The highest BCUT2D eigenvalue weighted by Gasteiger charge is 2.53. The van der Waals surface area contributed by atoms with Gasteiger partial charge in [-0.15, -0.1) is 0 Å². The summed E-state index contributed by atoms with van der Waals surface area (Å²) in [6.45, 7) is 5.61. The van der Waals surface area contributed by atoms with Crippen LogP contribution in [0.5, 0.6) is 0 Å². The van der Waals surface area contributed by atoms with Crippen molar-refractivity contribution in [1.82, 2.24) is 0 Å². The van der Waals surface area contributed by atoms with Crippen molar-refractivity contribution in [2.75, 3.05) is 6.61 Å². The maximum atomic E-state index is 12.0. The summed E-state index contributed by atoms with van der Waals surface area (Å²) in [6.07, 6.45) is 18.6. The number of carbonyl (C=O) groups is 1. The average Bonchev–Trinajstić information content (AvgIpc) is 3.72. The predicted octanol–water partition coefficient (Wildman–Crippen LogP) is 4.81. The Hall–Kier alpha value is -0.690. The van der Waals surface area contributed by atoms with Crippen molar-refractivity contribution in [3.63, 3.8) is 0 Å². The lowest BCUT2D eigenvalue weighted by molar-refractivity contribution is -0.151. The first-order valence-corrected chi connectivity index (χ1v) is 14.7. The maximum absolute atomic E-state index is 12.0. The number of ether oxygens (including phenoxy) is 5. The molecule has 8 rings (SSSR count). The molecule has 0 bridgehead atoms. The van der Waals surface area contributed by atoms with Crippen molar-refractivity contribution < 1.29 is 28.5 Å². The maximum Gasteiger partial charge on any atom is 0.309 e. The average molecular weight is 489 g/mol. The van der Waals surface area contributed by atoms with Gasteiger partial charge in [0, 0.05) is 0 Å². The molecule has 12 atom stereocenters. The van der Waals surface area contributed by atoms with Crippen molar-refractivity contribution >= 4 is 5.97 Å². The molecule has 0 aromatic carbocycles. The minimum Gasteiger partial charge on any atom is -0.465 e. The molecule has 8 fully saturated rings. The van der Waals surface area contributed by atoms with Gasteiger partial charge < -0.3 is 23.7 Å². The number of fused-ring (bicyclic) bond motifs is 4. The lowest BCUT2D eigenvalue weighted by Crippen LogP contribution is -2.37. The van der Waals surface area contributed by atoms with Gasteiger partial charge in [-0.05, 0) is 100 Å². The molecule has 196 valence electrons. The van der Waals surface area contributed by atoms with Crippen LogP contribution in [0.25, 0.3) is 0 Å². The number of hydrogen-bond donors (Lipinski definition) is 0. The summed E-state index contributed by atoms with van der Waals surface area (Å²) in [5, 5.41) is 0. The van der Waals surface area contributed by atoms with Crippen molar-refractivity contribution in [1.29, 1.82) is 0 Å². The summed E-state index contributed by atoms with van der Waals surface area (Å²) in [4.78, 5) is 12.0. The van der Waals surface area contributed by atoms with E-state index >= 15 is 0 Å². The molecular formula is C29H44O6. The molecule has 4 aliphatic carbocycles. The normalized spacial score (nSPS) is 50.7. The zero-order valence-electron chi connectivity index (χ0n) is 21.6. The fraction of sp³-hybridized carbons (Fsp3) is 0.966. The Bertz CT molecular complexity index is 783. The summed E-state index contributed by atoms with van der Waals surface area (Å²) in [5.74, 6) is 2.37. The van der Waals surface area contributed by atoms with Crippen LogP contribution in [-0.4, -0.2) is 61.4 Å². The lowest BCUT2D eigenvalue weighted by atomic mass is 9.61. The van der Waals surface area contributed by atoms with Gasteiger partial charge >= 0.3 is 5.97 Å². The van der Waals surface area contributed by atoms with E-state index in [9.17, 15) is 4.79 Å². The Morgan fingerprint density at radius 1 is 0.629 bits per heavy atom. The molecule has 4 saturated heterocycles. The third-order valence-electron chi connectivity index (χ3n) is 11.0. The zero-order valence-corrected chi connectivity index (χ0v) is 21.6. The summed E-state index contributed by atoms with van der Waals surface area (Å²) >= 11 is 0. The van der Waals surface area contributed by atoms with E-state index in [0.717, 1.165) is 50.4 Å². The molecule has 6 nitrogen and oxygen atoms in total. The molecular weight excluding hydrogens is 444 g/mol. The van der Waals surface area contributed by atoms with Crippen LogP contribution in [-0.2, 0) is 28.5 Å². The Morgan fingerprint density at radius 3 is 1.63 bits per heavy atom. The van der Waals surface area contributed by atoms with E-state index < -0.39 is 0 Å². The highest BCUT2D eigenvalue weighted by atomic mass is 16.6. The summed E-state index contributed by atoms with van der Waals surface area (Å²) in [5.41, 5.74) is 0.494. The first-order valence-electron chi connectivity index (χ1n) is 14.7. The van der Waals surface area contributed by atoms with E-state index in [-0.39, 0.29) is 11.9 Å². The predicted molar refractivity (Wildman–Crippen MR) is 129 cm³/mol. The van der Waals surface area contributed by atoms with E-state index in [1.807, 2.05) is 0 Å². The highest BCUT2D eigenvalue weighted by molar-refractivity contribution is 5.72. The number of carbonyl (C=O) groups excluding carboxylic acids is 1. The van der Waals surface area contributed by atoms with Gasteiger partial charge in [0.1, 0.15) is 0 Å². The highest BCUT2D eigenvalue weighted by Crippen LogP contribution is 2.54. The van der Waals surface area contributed by atoms with Crippen LogP contribution in [0.2, 0.25) is 0 Å². The fourth-order valence-corrected chi connectivity index (χ4v) is 8.07. The third kappa shape index (κ3) is 5.06. The fourth-order valence-electron chi connectivity index (χ4n) is 8.07. The smallest absolute Gasteiger partial charge is 0.309 e. The Balaban J connectivity index is 0.000000120. The topological polar surface area (TPSA) is 76.4 Å². The van der Waals surface area contributed by atoms with Gasteiger partial charge in [0.15, 0.2) is 0 Å². The third-order valence-corrected chi connectivity index (χ3v) is 11.0. The largest absolute Gasteiger partial charge is 0.465 e. The van der Waals surface area contributed by atoms with Gasteiger partial charge in [0.2, 0.25) is 0 Å². The van der Waals surface area contributed by atoms with Crippen LogP contribution in [0, 0.1) is 29.1 Å². The van der Waals surface area contributed by atoms with Gasteiger partial charge in [-0.1, -0.05) is 13.8 Å². The van der Waals surface area contributed by atoms with Crippen LogP contribution in [0.1, 0.15) is 90.9 Å². The van der Waals surface area contributed by atoms with E-state index in [4.69, 9.17) is 23.7 Å². The summed E-state index contributed by atoms with van der Waals surface area (Å²) in [7, 11) is 0. The Kier molecular flexibility index (Phi) is 6.00. The molecule has 4 saturated carbocycles. The molecule has 0 amide bonds. The van der Waals surface area contributed by atoms with Crippen LogP contribution in [0.15, 0.2) is 0 Å². The van der Waals surface area contributed by atoms with E-state index in [1.165, 1.54) is 38.5 Å². The molecule has 35 heavy (non-hydrogen) atoms. The number of esters is 1. The minimum absolute atomic E-state index is 0.00258. The first-order chi connectivity index (χ1) is 16.9. The lowest BCUT2D eigenvalue weighted by Gasteiger charge is -2.43. The SMILES string of the molecule is CC(C)(C1CCC2OC2C1)C1CCC2OC2C1.O=C(OCC1CCC2OC2C1)C1CCC2OC2C1. The van der Waals surface area contributed by atoms with E-state index in [2.05, 4.69) is 13.8 Å². The van der Waals surface area contributed by atoms with Crippen molar-refractivity contribution in [3.8, 4) is 0 Å². The van der Waals surface area contributed by atoms with E-state index in [0.29, 0.717) is 66.8 Å². The van der Waals surface area contributed by atoms with Crippen molar-refractivity contribution in [2.24, 2.45) is 29.1 Å². The summed E-state index contributed by atoms with van der Waals surface area (Å²) < 4.78 is 27.8. The quantitative estimate of drug-likeness (QED) is 0.408. The molecule has 4 heterocycles. The number of rotatable bonds is 5. The molecule has 8 aliphatic rings. The zero-order chi connectivity index (χ0) is 23.7. The second-order valence-corrected chi connectivity index (χ2v) is 13.5. The van der Waals surface area contributed by atoms with Crippen molar-refractivity contribution in [3.05, 3.63) is 0 Å². The van der Waals surface area contributed by atoms with E-state index in [1.54, 1.807) is 0 Å². The molecule has 0 radical (unpaired) electrons. The second-order valence-electron chi connectivity index (χ2n) is 13.5. The van der Waals surface area contributed by atoms with Crippen LogP contribution in [0.3, 0.4) is 0 Å². The van der Waals surface area contributed by atoms with Crippen molar-refractivity contribution in [2.45, 2.75) is 140 Å². The number of hydrogen-bond acceptors (Lipinski definition) is 6. The molecule has 0 aromatic heterocycles. The van der Waals surface area contributed by atoms with Gasteiger partial charge in [-0.2, -0.15) is 0 Å². The summed E-state index contributed by atoms with van der Waals surface area (Å²) in [6, 6.07) is 0. The van der Waals surface area contributed by atoms with Crippen LogP contribution in [0.4, 0.5) is 0 Å². The molecule has 4 aliphatic heterocycles. The number of epoxide rings is 4. The molecule has 0 aromatic rings. The minimum atomic E-state index is 0.00258. The molecule has 0 N–H and O–H groups in total. The standard InChI is InChI=1S/C15H24O2.C14H20O4/c1-15(2,9-3-5-11-13(7-9)16-11)10-4-6-12-14(8-10)17-12;15-14(9-2-4-11-13(6-9)18-11)16-7-8-1-3-10-12(5-8)17-10/h9-14H,3-8H2,1-2H3;8-13H,1-7H2. The van der Waals surface area contributed by atoms with Crippen LogP contribution >= 0.6 is 0 Å². The molecule has 6 heteroatoms.